The summed E-state index contributed by atoms with van der Waals surface area (Å²) in [6, 6.07) is 0. The molecule has 0 radical (unpaired) electrons. The standard InChI is InChI=1S/C8H18NP/c9-10-7-5-3-1-2-4-6-8-10/h1-9H2. The number of nitrogens with two attached hydrogens (primary N) is 1. The van der Waals surface area contributed by atoms with Crippen LogP contribution in [0.1, 0.15) is 38.5 Å². The van der Waals surface area contributed by atoms with E-state index in [1.54, 1.807) is 0 Å². The summed E-state index contributed by atoms with van der Waals surface area (Å²) in [5, 5.41) is 0. The zero-order valence-electron chi connectivity index (χ0n) is 6.68. The predicted octanol–water partition coefficient (Wildman–Crippen LogP) is 2.70. The van der Waals surface area contributed by atoms with E-state index in [0.717, 1.165) is 0 Å². The molecule has 1 saturated heterocycles. The second kappa shape index (κ2) is 5.09. The van der Waals surface area contributed by atoms with Crippen LogP contribution in [0.3, 0.4) is 0 Å². The molecule has 0 aromatic heterocycles. The molecule has 0 amide bonds. The molecule has 10 heavy (non-hydrogen) atoms. The van der Waals surface area contributed by atoms with Gasteiger partial charge in [-0.15, -0.1) is 0 Å². The van der Waals surface area contributed by atoms with Crippen LogP contribution in [-0.2, 0) is 0 Å². The van der Waals surface area contributed by atoms with E-state index in [4.69, 9.17) is 5.50 Å². The van der Waals surface area contributed by atoms with Gasteiger partial charge in [-0.05, 0) is 33.2 Å². The highest BCUT2D eigenvalue weighted by molar-refractivity contribution is 7.55. The molecule has 1 aliphatic rings. The van der Waals surface area contributed by atoms with Crippen molar-refractivity contribution in [1.29, 1.82) is 0 Å². The largest absolute Gasteiger partial charge is 0.310 e. The molecular formula is C8H18NP. The third kappa shape index (κ3) is 3.53. The average molecular weight is 159 g/mol. The summed E-state index contributed by atoms with van der Waals surface area (Å²) in [6.45, 7) is 0. The van der Waals surface area contributed by atoms with Gasteiger partial charge in [-0.3, -0.25) is 0 Å². The van der Waals surface area contributed by atoms with Crippen LogP contribution in [0.25, 0.3) is 0 Å². The summed E-state index contributed by atoms with van der Waals surface area (Å²) in [6.07, 6.45) is 11.2. The first-order chi connectivity index (χ1) is 4.89. The molecule has 1 heterocycles. The van der Waals surface area contributed by atoms with Gasteiger partial charge in [-0.1, -0.05) is 25.7 Å². The molecule has 0 spiro atoms. The van der Waals surface area contributed by atoms with Crippen molar-refractivity contribution in [2.24, 2.45) is 5.50 Å². The van der Waals surface area contributed by atoms with E-state index in [-0.39, 0.29) is 8.07 Å². The Kier molecular flexibility index (Phi) is 4.32. The quantitative estimate of drug-likeness (QED) is 0.540. The molecule has 2 N–H and O–H groups in total. The highest BCUT2D eigenvalue weighted by Crippen LogP contribution is 2.30. The molecule has 0 unspecified atom stereocenters. The maximum absolute atomic E-state index is 5.94. The predicted molar refractivity (Wildman–Crippen MR) is 48.5 cm³/mol. The summed E-state index contributed by atoms with van der Waals surface area (Å²) in [5.74, 6) is 0. The summed E-state index contributed by atoms with van der Waals surface area (Å²) in [4.78, 5) is 0. The van der Waals surface area contributed by atoms with Crippen LogP contribution in [0.2, 0.25) is 0 Å². The van der Waals surface area contributed by atoms with Gasteiger partial charge in [-0.2, -0.15) is 0 Å². The molecule has 2 heteroatoms. The molecule has 0 aliphatic carbocycles. The first kappa shape index (κ1) is 8.49. The van der Waals surface area contributed by atoms with E-state index in [1.807, 2.05) is 0 Å². The lowest BCUT2D eigenvalue weighted by molar-refractivity contribution is 0.636. The molecule has 1 fully saturated rings. The Hall–Kier alpha value is 0.390. The molecule has 1 nitrogen and oxygen atoms in total. The summed E-state index contributed by atoms with van der Waals surface area (Å²) >= 11 is 0. The fourth-order valence-electron chi connectivity index (χ4n) is 1.45. The van der Waals surface area contributed by atoms with Crippen molar-refractivity contribution in [2.75, 3.05) is 12.3 Å². The lowest BCUT2D eigenvalue weighted by Gasteiger charge is -2.08. The van der Waals surface area contributed by atoms with Crippen molar-refractivity contribution in [3.05, 3.63) is 0 Å². The topological polar surface area (TPSA) is 26.0 Å². The molecule has 1 aliphatic heterocycles. The van der Waals surface area contributed by atoms with E-state index >= 15 is 0 Å². The number of rotatable bonds is 0. The van der Waals surface area contributed by atoms with E-state index in [1.165, 1.54) is 50.8 Å². The van der Waals surface area contributed by atoms with Gasteiger partial charge in [0, 0.05) is 0 Å². The van der Waals surface area contributed by atoms with Crippen molar-refractivity contribution < 1.29 is 0 Å². The lowest BCUT2D eigenvalue weighted by Crippen LogP contribution is -1.97. The first-order valence-corrected chi connectivity index (χ1v) is 6.17. The second-order valence-electron chi connectivity index (χ2n) is 3.16. The monoisotopic (exact) mass is 159 g/mol. The van der Waals surface area contributed by atoms with Crippen LogP contribution in [0.4, 0.5) is 0 Å². The summed E-state index contributed by atoms with van der Waals surface area (Å²) < 4.78 is 0. The van der Waals surface area contributed by atoms with Crippen molar-refractivity contribution >= 4 is 8.07 Å². The third-order valence-electron chi connectivity index (χ3n) is 2.14. The normalized spacial score (nSPS) is 24.9. The Balaban J connectivity index is 2.15. The minimum atomic E-state index is -0.0523. The molecule has 0 saturated carbocycles. The van der Waals surface area contributed by atoms with Crippen molar-refractivity contribution in [1.82, 2.24) is 0 Å². The molecule has 60 valence electrons. The molecular weight excluding hydrogens is 141 g/mol. The van der Waals surface area contributed by atoms with Gasteiger partial charge in [0.15, 0.2) is 0 Å². The van der Waals surface area contributed by atoms with Crippen LogP contribution in [-0.4, -0.2) is 12.3 Å². The number of hydrogen-bond donors (Lipinski definition) is 1. The minimum absolute atomic E-state index is 0.0523. The maximum Gasteiger partial charge on any atom is -0.0196 e. The molecule has 0 bridgehead atoms. The van der Waals surface area contributed by atoms with E-state index in [0.29, 0.717) is 0 Å². The Morgan fingerprint density at radius 3 is 1.60 bits per heavy atom. The van der Waals surface area contributed by atoms with Crippen molar-refractivity contribution in [3.63, 3.8) is 0 Å². The lowest BCUT2D eigenvalue weighted by atomic mass is 10.1. The number of hydrogen-bond acceptors (Lipinski definition) is 1. The van der Waals surface area contributed by atoms with Crippen molar-refractivity contribution in [3.8, 4) is 0 Å². The van der Waals surface area contributed by atoms with Crippen LogP contribution >= 0.6 is 8.07 Å². The van der Waals surface area contributed by atoms with Crippen LogP contribution < -0.4 is 5.50 Å². The fraction of sp³-hybridized carbons (Fsp3) is 1.00. The van der Waals surface area contributed by atoms with Crippen LogP contribution in [0.5, 0.6) is 0 Å². The third-order valence-corrected chi connectivity index (χ3v) is 3.92. The molecule has 1 rings (SSSR count). The first-order valence-electron chi connectivity index (χ1n) is 4.39. The molecule has 0 aromatic carbocycles. The maximum atomic E-state index is 5.94. The Labute approximate surface area is 65.2 Å². The van der Waals surface area contributed by atoms with Gasteiger partial charge < -0.3 is 5.50 Å². The molecule has 0 atom stereocenters. The van der Waals surface area contributed by atoms with Gasteiger partial charge >= 0.3 is 0 Å². The van der Waals surface area contributed by atoms with Gasteiger partial charge in [0.25, 0.3) is 0 Å². The molecule has 0 aromatic rings. The Morgan fingerprint density at radius 1 is 0.700 bits per heavy atom. The van der Waals surface area contributed by atoms with E-state index in [9.17, 15) is 0 Å². The highest BCUT2D eigenvalue weighted by Gasteiger charge is 2.03. The van der Waals surface area contributed by atoms with Crippen LogP contribution in [0.15, 0.2) is 0 Å². The SMILES string of the molecule is NP1CCCCCCCC1. The zero-order valence-corrected chi connectivity index (χ0v) is 7.58. The van der Waals surface area contributed by atoms with Crippen LogP contribution in [0, 0.1) is 0 Å². The van der Waals surface area contributed by atoms with Gasteiger partial charge in [0.1, 0.15) is 0 Å². The Bertz CT molecular complexity index is 75.3. The average Bonchev–Trinajstić information content (AvgIpc) is 2.02. The smallest absolute Gasteiger partial charge is 0.0196 e. The van der Waals surface area contributed by atoms with Gasteiger partial charge in [0.2, 0.25) is 0 Å². The van der Waals surface area contributed by atoms with E-state index in [2.05, 4.69) is 0 Å². The minimum Gasteiger partial charge on any atom is -0.310 e. The summed E-state index contributed by atoms with van der Waals surface area (Å²) in [5.41, 5.74) is 5.94. The van der Waals surface area contributed by atoms with Gasteiger partial charge in [0.05, 0.1) is 0 Å². The fourth-order valence-corrected chi connectivity index (χ4v) is 2.93. The van der Waals surface area contributed by atoms with Crippen molar-refractivity contribution in [2.45, 2.75) is 38.5 Å². The second-order valence-corrected chi connectivity index (χ2v) is 5.23. The highest BCUT2D eigenvalue weighted by atomic mass is 31.1. The zero-order chi connectivity index (χ0) is 7.23. The Morgan fingerprint density at radius 2 is 1.10 bits per heavy atom. The van der Waals surface area contributed by atoms with E-state index < -0.39 is 0 Å². The summed E-state index contributed by atoms with van der Waals surface area (Å²) in [7, 11) is -0.0523. The van der Waals surface area contributed by atoms with Gasteiger partial charge in [-0.25, -0.2) is 0 Å².